The van der Waals surface area contributed by atoms with Crippen molar-refractivity contribution in [3.63, 3.8) is 0 Å². The molecule has 21 heavy (non-hydrogen) atoms. The van der Waals surface area contributed by atoms with Gasteiger partial charge in [0.25, 0.3) is 0 Å². The van der Waals surface area contributed by atoms with Crippen LogP contribution in [-0.4, -0.2) is 8.07 Å². The second-order valence-electron chi connectivity index (χ2n) is 7.29. The van der Waals surface area contributed by atoms with Gasteiger partial charge in [0.2, 0.25) is 0 Å². The van der Waals surface area contributed by atoms with Crippen LogP contribution in [0.1, 0.15) is 31.9 Å². The molecule has 0 nitrogen and oxygen atoms in total. The summed E-state index contributed by atoms with van der Waals surface area (Å²) in [5.74, 6) is 0. The Kier molecular flexibility index (Phi) is 4.53. The fraction of sp³-hybridized carbons (Fsp3) is 0.300. The van der Waals surface area contributed by atoms with Crippen molar-refractivity contribution in [2.45, 2.75) is 39.3 Å². The van der Waals surface area contributed by atoms with Gasteiger partial charge in [0.15, 0.2) is 0 Å². The Bertz CT molecular complexity index is 599. The molecule has 0 saturated carbocycles. The second kappa shape index (κ2) is 6.03. The Morgan fingerprint density at radius 3 is 1.90 bits per heavy atom. The molecule has 0 saturated heterocycles. The smallest absolute Gasteiger partial charge is 0.0897 e. The van der Waals surface area contributed by atoms with Crippen molar-refractivity contribution in [1.29, 1.82) is 0 Å². The van der Waals surface area contributed by atoms with E-state index in [1.165, 1.54) is 16.3 Å². The largest absolute Gasteiger partial charge is 0.104 e. The molecular weight excluding hydrogens is 268 g/mol. The highest BCUT2D eigenvalue weighted by Gasteiger charge is 2.19. The SMILES string of the molecule is CC(C)(C)c1ccc(/C=C\[Si](C)(C)c2ccccc2)cc1. The molecule has 0 aromatic heterocycles. The zero-order valence-electron chi connectivity index (χ0n) is 13.9. The van der Waals surface area contributed by atoms with E-state index in [0.717, 1.165) is 0 Å². The van der Waals surface area contributed by atoms with Gasteiger partial charge in [-0.15, -0.1) is 0 Å². The van der Waals surface area contributed by atoms with Gasteiger partial charge in [0.05, 0.1) is 0 Å². The highest BCUT2D eigenvalue weighted by atomic mass is 28.3. The standard InChI is InChI=1S/C20H26Si/c1-20(2,3)18-13-11-17(12-14-18)15-16-21(4,5)19-9-7-6-8-10-19/h6-16H,1-5H3/b16-15-. The number of rotatable bonds is 3. The van der Waals surface area contributed by atoms with Crippen LogP contribution in [0, 0.1) is 0 Å². The number of benzene rings is 2. The van der Waals surface area contributed by atoms with Gasteiger partial charge >= 0.3 is 0 Å². The predicted octanol–water partition coefficient (Wildman–Crippen LogP) is 5.15. The van der Waals surface area contributed by atoms with Gasteiger partial charge < -0.3 is 0 Å². The summed E-state index contributed by atoms with van der Waals surface area (Å²) in [6, 6.07) is 19.8. The van der Waals surface area contributed by atoms with Crippen LogP contribution in [0.2, 0.25) is 13.1 Å². The van der Waals surface area contributed by atoms with E-state index >= 15 is 0 Å². The van der Waals surface area contributed by atoms with Crippen LogP contribution in [-0.2, 0) is 5.41 Å². The Morgan fingerprint density at radius 2 is 1.38 bits per heavy atom. The van der Waals surface area contributed by atoms with Crippen molar-refractivity contribution < 1.29 is 0 Å². The lowest BCUT2D eigenvalue weighted by atomic mass is 9.87. The highest BCUT2D eigenvalue weighted by Crippen LogP contribution is 2.22. The molecule has 2 aromatic rings. The minimum absolute atomic E-state index is 0.223. The molecule has 0 N–H and O–H groups in total. The molecule has 2 rings (SSSR count). The average molecular weight is 295 g/mol. The maximum absolute atomic E-state index is 2.43. The predicted molar refractivity (Wildman–Crippen MR) is 97.7 cm³/mol. The maximum Gasteiger partial charge on any atom is 0.104 e. The lowest BCUT2D eigenvalue weighted by Crippen LogP contribution is -2.39. The minimum atomic E-state index is -1.49. The quantitative estimate of drug-likeness (QED) is 0.687. The highest BCUT2D eigenvalue weighted by molar-refractivity contribution is 6.94. The van der Waals surface area contributed by atoms with Crippen LogP contribution in [0.25, 0.3) is 6.08 Å². The summed E-state index contributed by atoms with van der Waals surface area (Å²) in [6.45, 7) is 11.5. The number of hydrogen-bond donors (Lipinski definition) is 0. The van der Waals surface area contributed by atoms with Gasteiger partial charge in [-0.3, -0.25) is 0 Å². The molecule has 0 heterocycles. The Labute approximate surface area is 130 Å². The molecule has 0 amide bonds. The second-order valence-corrected chi connectivity index (χ2v) is 11.6. The summed E-state index contributed by atoms with van der Waals surface area (Å²) in [7, 11) is -1.49. The van der Waals surface area contributed by atoms with E-state index in [-0.39, 0.29) is 5.41 Å². The van der Waals surface area contributed by atoms with Crippen LogP contribution in [0.4, 0.5) is 0 Å². The van der Waals surface area contributed by atoms with Crippen LogP contribution >= 0.6 is 0 Å². The van der Waals surface area contributed by atoms with Crippen molar-refractivity contribution in [1.82, 2.24) is 0 Å². The zero-order valence-corrected chi connectivity index (χ0v) is 14.9. The molecule has 0 aliphatic rings. The summed E-state index contributed by atoms with van der Waals surface area (Å²) >= 11 is 0. The van der Waals surface area contributed by atoms with Crippen molar-refractivity contribution in [3.8, 4) is 0 Å². The van der Waals surface area contributed by atoms with Crippen molar-refractivity contribution in [2.75, 3.05) is 0 Å². The van der Waals surface area contributed by atoms with Gasteiger partial charge in [-0.05, 0) is 16.5 Å². The van der Waals surface area contributed by atoms with E-state index in [9.17, 15) is 0 Å². The van der Waals surface area contributed by atoms with Gasteiger partial charge in [-0.1, -0.05) is 105 Å². The van der Waals surface area contributed by atoms with Crippen LogP contribution in [0.15, 0.2) is 60.3 Å². The third-order valence-corrected chi connectivity index (χ3v) is 6.81. The number of hydrogen-bond acceptors (Lipinski definition) is 0. The zero-order chi connectivity index (χ0) is 15.5. The van der Waals surface area contributed by atoms with E-state index in [4.69, 9.17) is 0 Å². The molecule has 0 unspecified atom stereocenters. The summed E-state index contributed by atoms with van der Waals surface area (Å²) in [6.07, 6.45) is 2.28. The van der Waals surface area contributed by atoms with E-state index in [0.29, 0.717) is 0 Å². The van der Waals surface area contributed by atoms with Gasteiger partial charge in [0, 0.05) is 0 Å². The van der Waals surface area contributed by atoms with Gasteiger partial charge in [0.1, 0.15) is 8.07 Å². The van der Waals surface area contributed by atoms with Gasteiger partial charge in [-0.25, -0.2) is 0 Å². The molecule has 1 heteroatoms. The normalized spacial score (nSPS) is 12.8. The first kappa shape index (κ1) is 15.8. The van der Waals surface area contributed by atoms with E-state index in [1.54, 1.807) is 0 Å². The molecule has 0 radical (unpaired) electrons. The van der Waals surface area contributed by atoms with Crippen LogP contribution in [0.3, 0.4) is 0 Å². The minimum Gasteiger partial charge on any atom is -0.0897 e. The molecule has 0 spiro atoms. The molecule has 0 bridgehead atoms. The Balaban J connectivity index is 2.18. The Morgan fingerprint density at radius 1 is 0.810 bits per heavy atom. The monoisotopic (exact) mass is 294 g/mol. The van der Waals surface area contributed by atoms with Gasteiger partial charge in [-0.2, -0.15) is 0 Å². The average Bonchev–Trinajstić information content (AvgIpc) is 2.46. The van der Waals surface area contributed by atoms with Crippen molar-refractivity contribution >= 4 is 19.3 Å². The molecule has 2 aromatic carbocycles. The molecule has 0 aliphatic carbocycles. The lowest BCUT2D eigenvalue weighted by molar-refractivity contribution is 0.590. The molecule has 110 valence electrons. The van der Waals surface area contributed by atoms with Crippen LogP contribution < -0.4 is 5.19 Å². The summed E-state index contributed by atoms with van der Waals surface area (Å²) in [4.78, 5) is 0. The first-order valence-electron chi connectivity index (χ1n) is 7.64. The first-order chi connectivity index (χ1) is 9.79. The van der Waals surface area contributed by atoms with E-state index < -0.39 is 8.07 Å². The molecule has 0 atom stereocenters. The Hall–Kier alpha value is -1.60. The molecule has 0 aliphatic heterocycles. The van der Waals surface area contributed by atoms with Crippen molar-refractivity contribution in [3.05, 3.63) is 71.4 Å². The third-order valence-electron chi connectivity index (χ3n) is 3.99. The van der Waals surface area contributed by atoms with Crippen LogP contribution in [0.5, 0.6) is 0 Å². The first-order valence-corrected chi connectivity index (χ1v) is 10.7. The molecular formula is C20H26Si. The topological polar surface area (TPSA) is 0 Å². The summed E-state index contributed by atoms with van der Waals surface area (Å²) < 4.78 is 0. The fourth-order valence-corrected chi connectivity index (χ4v) is 4.22. The summed E-state index contributed by atoms with van der Waals surface area (Å²) in [5, 5.41) is 1.48. The lowest BCUT2D eigenvalue weighted by Gasteiger charge is -2.19. The maximum atomic E-state index is 2.43. The molecule has 0 fully saturated rings. The van der Waals surface area contributed by atoms with E-state index in [2.05, 4.69) is 100 Å². The summed E-state index contributed by atoms with van der Waals surface area (Å²) in [5.41, 5.74) is 5.33. The fourth-order valence-electron chi connectivity index (χ4n) is 2.36. The van der Waals surface area contributed by atoms with Crippen molar-refractivity contribution in [2.24, 2.45) is 0 Å². The van der Waals surface area contributed by atoms with E-state index in [1.807, 2.05) is 0 Å². The third kappa shape index (κ3) is 4.18.